The van der Waals surface area contributed by atoms with E-state index in [0.29, 0.717) is 48.7 Å². The molecule has 0 aliphatic carbocycles. The number of piperazine rings is 1. The third kappa shape index (κ3) is 10.6. The van der Waals surface area contributed by atoms with Crippen LogP contribution in [-0.2, 0) is 30.5 Å². The first kappa shape index (κ1) is 47.7. The van der Waals surface area contributed by atoms with Gasteiger partial charge in [-0.1, -0.05) is 63.2 Å². The predicted molar refractivity (Wildman–Crippen MR) is 255 cm³/mol. The van der Waals surface area contributed by atoms with Crippen LogP contribution in [0, 0.1) is 24.1 Å². The minimum atomic E-state index is -0.867. The first-order valence-corrected chi connectivity index (χ1v) is 23.3. The summed E-state index contributed by atoms with van der Waals surface area (Å²) in [6, 6.07) is 19.4. The molecule has 0 spiro atoms. The number of carbonyl (C=O) groups excluding carboxylic acids is 4. The molecule has 2 aliphatic heterocycles. The van der Waals surface area contributed by atoms with Gasteiger partial charge in [-0.2, -0.15) is 5.10 Å². The van der Waals surface area contributed by atoms with Crippen LogP contribution in [0.1, 0.15) is 38.4 Å². The summed E-state index contributed by atoms with van der Waals surface area (Å²) in [4.78, 5) is 73.3. The maximum absolute atomic E-state index is 14.8. The number of fused-ring (bicyclic) bond motifs is 1. The molecule has 4 N–H and O–H groups in total. The number of aryl methyl sites for hydroxylation is 1. The van der Waals surface area contributed by atoms with Gasteiger partial charge in [-0.3, -0.25) is 24.3 Å². The summed E-state index contributed by atoms with van der Waals surface area (Å²) in [5, 5.41) is 23.7. The maximum atomic E-state index is 14.8. The Labute approximate surface area is 397 Å². The molecule has 3 atom stereocenters. The molecule has 6 aromatic rings. The highest BCUT2D eigenvalue weighted by molar-refractivity contribution is 7.13. The Morgan fingerprint density at radius 1 is 0.956 bits per heavy atom. The number of likely N-dealkylation sites (tertiary alicyclic amines) is 1. The number of aliphatic hydroxyl groups is 1. The number of aromatic amines is 1. The van der Waals surface area contributed by atoms with Crippen molar-refractivity contribution in [1.82, 2.24) is 45.6 Å². The third-order valence-electron chi connectivity index (χ3n) is 12.5. The van der Waals surface area contributed by atoms with Crippen LogP contribution in [0.15, 0.2) is 78.4 Å². The molecule has 68 heavy (non-hydrogen) atoms. The zero-order chi connectivity index (χ0) is 48.1. The van der Waals surface area contributed by atoms with Crippen LogP contribution in [0.25, 0.3) is 44.1 Å². The molecule has 0 radical (unpaired) electrons. The molecule has 19 heteroatoms. The van der Waals surface area contributed by atoms with Gasteiger partial charge in [0.15, 0.2) is 5.82 Å². The Morgan fingerprint density at radius 3 is 2.38 bits per heavy atom. The van der Waals surface area contributed by atoms with Crippen molar-refractivity contribution in [1.29, 1.82) is 0 Å². The number of amides is 4. The van der Waals surface area contributed by atoms with E-state index in [1.165, 1.54) is 18.1 Å². The molecule has 3 aromatic carbocycles. The van der Waals surface area contributed by atoms with Crippen LogP contribution in [0.5, 0.6) is 5.75 Å². The number of nitrogens with zero attached hydrogens (tertiary/aromatic N) is 7. The second-order valence-electron chi connectivity index (χ2n) is 18.1. The van der Waals surface area contributed by atoms with Crippen molar-refractivity contribution < 1.29 is 38.1 Å². The molecule has 17 nitrogen and oxygen atoms in total. The minimum absolute atomic E-state index is 0.00402. The number of thiazole rings is 1. The molecule has 4 amide bonds. The van der Waals surface area contributed by atoms with Crippen molar-refractivity contribution in [2.24, 2.45) is 11.3 Å². The largest absolute Gasteiger partial charge is 0.496 e. The highest BCUT2D eigenvalue weighted by Gasteiger charge is 2.44. The fourth-order valence-corrected chi connectivity index (χ4v) is 9.40. The Balaban J connectivity index is 0.783. The molecule has 2 fully saturated rings. The molecule has 2 aliphatic rings. The minimum Gasteiger partial charge on any atom is -0.496 e. The first-order valence-electron chi connectivity index (χ1n) is 22.5. The number of ether oxygens (including phenoxy) is 2. The van der Waals surface area contributed by atoms with Crippen LogP contribution in [0.4, 0.5) is 10.1 Å². The van der Waals surface area contributed by atoms with Gasteiger partial charge in [0.25, 0.3) is 0 Å². The fraction of sp³-hybridized carbons (Fsp3) is 0.388. The van der Waals surface area contributed by atoms with Gasteiger partial charge in [0.1, 0.15) is 47.5 Å². The van der Waals surface area contributed by atoms with Gasteiger partial charge < -0.3 is 39.9 Å². The summed E-state index contributed by atoms with van der Waals surface area (Å²) < 4.78 is 25.7. The molecule has 2 saturated heterocycles. The van der Waals surface area contributed by atoms with Gasteiger partial charge in [-0.25, -0.2) is 19.3 Å². The van der Waals surface area contributed by atoms with Gasteiger partial charge >= 0.3 is 0 Å². The van der Waals surface area contributed by atoms with E-state index in [9.17, 15) is 28.7 Å². The van der Waals surface area contributed by atoms with Crippen LogP contribution in [0.3, 0.4) is 0 Å². The number of hydrogen-bond donors (Lipinski definition) is 4. The van der Waals surface area contributed by atoms with E-state index in [1.807, 2.05) is 81.7 Å². The number of carbonyl (C=O) groups is 4. The van der Waals surface area contributed by atoms with Gasteiger partial charge in [0, 0.05) is 63.5 Å². The molecule has 0 saturated carbocycles. The zero-order valence-electron chi connectivity index (χ0n) is 38.6. The Morgan fingerprint density at radius 2 is 1.69 bits per heavy atom. The fourth-order valence-electron chi connectivity index (χ4n) is 8.59. The van der Waals surface area contributed by atoms with Gasteiger partial charge in [0.2, 0.25) is 23.6 Å². The summed E-state index contributed by atoms with van der Waals surface area (Å²) in [6.07, 6.45) is 0.808. The molecule has 8 rings (SSSR count). The number of rotatable bonds is 15. The van der Waals surface area contributed by atoms with Crippen LogP contribution in [-0.4, -0.2) is 135 Å². The van der Waals surface area contributed by atoms with E-state index in [2.05, 4.69) is 40.7 Å². The summed E-state index contributed by atoms with van der Waals surface area (Å²) in [7, 11) is 1.47. The number of nitrogens with one attached hydrogen (secondary N) is 3. The summed E-state index contributed by atoms with van der Waals surface area (Å²) >= 11 is 1.57. The predicted octanol–water partition coefficient (Wildman–Crippen LogP) is 4.99. The lowest BCUT2D eigenvalue weighted by Crippen LogP contribution is -2.52. The second kappa shape index (κ2) is 20.6. The molecule has 0 unspecified atom stereocenters. The highest BCUT2D eigenvalue weighted by Crippen LogP contribution is 2.34. The lowest BCUT2D eigenvalue weighted by atomic mass is 9.79. The van der Waals surface area contributed by atoms with E-state index >= 15 is 0 Å². The maximum Gasteiger partial charge on any atom is 0.248 e. The van der Waals surface area contributed by atoms with E-state index in [4.69, 9.17) is 9.47 Å². The topological polar surface area (TPSA) is 208 Å². The standard InChI is InChI=1S/C49H55FN10O7S/c1-29-45(68-28-54-29)32-11-9-30(10-12-32)22-53-47(64)38-21-34(61)25-60(38)48(65)35(49(2,3)4)23-51-40(62)26-67-27-41(63)59-19-17-58(18-20-59)33-15-13-31(14-16-33)43-44-37(56-57-43)24-52-46(55-44)42-36(50)7-6-8-39(42)66-5/h6-16,24,28,34-35,38,61H,17-23,25-27H2,1-5H3,(H,51,62)(H,53,64)(H,56,57)/t34-,35-,38+/m1/s1. The normalized spacial score (nSPS) is 16.8. The summed E-state index contributed by atoms with van der Waals surface area (Å²) in [5.74, 6) is -2.13. The lowest BCUT2D eigenvalue weighted by molar-refractivity contribution is -0.144. The van der Waals surface area contributed by atoms with Crippen molar-refractivity contribution in [2.75, 3.05) is 64.5 Å². The van der Waals surface area contributed by atoms with Crippen molar-refractivity contribution >= 4 is 51.7 Å². The van der Waals surface area contributed by atoms with E-state index < -0.39 is 35.2 Å². The van der Waals surface area contributed by atoms with Crippen molar-refractivity contribution in [3.8, 4) is 38.8 Å². The van der Waals surface area contributed by atoms with Crippen molar-refractivity contribution in [2.45, 2.75) is 52.8 Å². The Kier molecular flexibility index (Phi) is 14.4. The molecule has 5 heterocycles. The number of benzene rings is 3. The smallest absolute Gasteiger partial charge is 0.248 e. The van der Waals surface area contributed by atoms with Gasteiger partial charge in [-0.15, -0.1) is 11.3 Å². The molecule has 3 aromatic heterocycles. The number of aromatic nitrogens is 5. The molecular formula is C49H55FN10O7S. The van der Waals surface area contributed by atoms with Crippen LogP contribution < -0.4 is 20.3 Å². The van der Waals surface area contributed by atoms with Crippen molar-refractivity contribution in [3.05, 3.63) is 95.5 Å². The first-order chi connectivity index (χ1) is 32.7. The number of hydrogen-bond acceptors (Lipinski definition) is 13. The van der Waals surface area contributed by atoms with Crippen molar-refractivity contribution in [3.63, 3.8) is 0 Å². The zero-order valence-corrected chi connectivity index (χ0v) is 39.4. The third-order valence-corrected chi connectivity index (χ3v) is 13.4. The number of aliphatic hydroxyl groups excluding tert-OH is 1. The average molecular weight is 947 g/mol. The average Bonchev–Trinajstić information content (AvgIpc) is 4.08. The molecule has 0 bridgehead atoms. The van der Waals surface area contributed by atoms with Crippen LogP contribution in [0.2, 0.25) is 0 Å². The number of anilines is 1. The monoisotopic (exact) mass is 946 g/mol. The van der Waals surface area contributed by atoms with E-state index in [-0.39, 0.29) is 68.4 Å². The SMILES string of the molecule is COc1cccc(F)c1-c1ncc2[nH]nc(-c3ccc(N4CCN(C(=O)COCC(=O)NC[C@H](C(=O)N5C[C@H](O)C[C@H]5C(=O)NCc5ccc(-c6scnc6C)cc5)C(C)(C)C)CC4)cc3)c2n1. The quantitative estimate of drug-likeness (QED) is 0.107. The number of H-pyrrole nitrogens is 1. The van der Waals surface area contributed by atoms with Crippen LogP contribution >= 0.6 is 11.3 Å². The second-order valence-corrected chi connectivity index (χ2v) is 18.9. The lowest BCUT2D eigenvalue weighted by Gasteiger charge is -2.36. The number of halogens is 1. The van der Waals surface area contributed by atoms with Gasteiger partial charge in [0.05, 0.1) is 47.0 Å². The molecule has 356 valence electrons. The summed E-state index contributed by atoms with van der Waals surface area (Å²) in [5.41, 5.74) is 7.76. The molecular weight excluding hydrogens is 892 g/mol. The summed E-state index contributed by atoms with van der Waals surface area (Å²) in [6.45, 7) is 9.27. The van der Waals surface area contributed by atoms with Gasteiger partial charge in [-0.05, 0) is 47.7 Å². The Bertz CT molecular complexity index is 2770. The van der Waals surface area contributed by atoms with E-state index in [1.54, 1.807) is 34.6 Å². The number of β-amino-alcohol motifs (C(OH)–C–C–N with tert-alkyl or cyclic N) is 1. The Hall–Kier alpha value is -6.83. The number of methoxy groups -OCH3 is 1. The van der Waals surface area contributed by atoms with E-state index in [0.717, 1.165) is 32.9 Å². The highest BCUT2D eigenvalue weighted by atomic mass is 32.1.